The number of H-pyrrole nitrogens is 1. The van der Waals surface area contributed by atoms with Crippen LogP contribution in [0.2, 0.25) is 0 Å². The third kappa shape index (κ3) is 1.09. The number of nitrogens with one attached hydrogen (secondary N) is 1. The van der Waals surface area contributed by atoms with Gasteiger partial charge in [0.15, 0.2) is 0 Å². The first-order valence-corrected chi connectivity index (χ1v) is 2.58. The van der Waals surface area contributed by atoms with E-state index in [4.69, 9.17) is 0 Å². The van der Waals surface area contributed by atoms with Crippen LogP contribution in [0.5, 0.6) is 0 Å². The van der Waals surface area contributed by atoms with Gasteiger partial charge in [0.1, 0.15) is 5.52 Å². The zero-order valence-electron chi connectivity index (χ0n) is 4.88. The fraction of sp³-hybridized carbons (Fsp3) is 0. The molecule has 0 saturated heterocycles. The van der Waals surface area contributed by atoms with Gasteiger partial charge in [-0.25, -0.2) is 4.98 Å². The van der Waals surface area contributed by atoms with E-state index >= 15 is 0 Å². The largest absolute Gasteiger partial charge is 0.234 e. The number of hydrogen-bond acceptors (Lipinski definition) is 3. The predicted molar refractivity (Wildman–Crippen MR) is 31.7 cm³/mol. The third-order valence-corrected chi connectivity index (χ3v) is 1.09. The van der Waals surface area contributed by atoms with Gasteiger partial charge >= 0.3 is 0 Å². The van der Waals surface area contributed by atoms with E-state index in [1.165, 1.54) is 0 Å². The van der Waals surface area contributed by atoms with E-state index in [9.17, 15) is 0 Å². The van der Waals surface area contributed by atoms with Crippen LogP contribution in [0.3, 0.4) is 0 Å². The second-order valence-electron chi connectivity index (χ2n) is 1.67. The molecule has 0 amide bonds. The van der Waals surface area contributed by atoms with E-state index in [0.717, 1.165) is 5.52 Å². The molecule has 0 unspecified atom stereocenters. The van der Waals surface area contributed by atoms with Crippen molar-refractivity contribution in [3.05, 3.63) is 18.3 Å². The quantitative estimate of drug-likeness (QED) is 0.662. The zero-order valence-corrected chi connectivity index (χ0v) is 6.36. The first kappa shape index (κ1) is 7.40. The van der Waals surface area contributed by atoms with Crippen molar-refractivity contribution in [1.82, 2.24) is 20.4 Å². The normalized spacial score (nSPS) is 9.20. The standard InChI is InChI=1S/C5H4N4.Ag/c1-2-4-5(6-3-1)8-9-7-4;/h1-3H,(H,6,7,8,9);. The van der Waals surface area contributed by atoms with Gasteiger partial charge in [-0.2, -0.15) is 10.3 Å². The van der Waals surface area contributed by atoms with Crippen LogP contribution < -0.4 is 0 Å². The minimum atomic E-state index is 0. The Morgan fingerprint density at radius 1 is 1.30 bits per heavy atom. The van der Waals surface area contributed by atoms with Crippen LogP contribution in [-0.2, 0) is 22.4 Å². The molecule has 4 nitrogen and oxygen atoms in total. The van der Waals surface area contributed by atoms with E-state index in [1.807, 2.05) is 12.1 Å². The number of aromatic nitrogens is 4. The number of nitrogens with zero attached hydrogens (tertiary/aromatic N) is 3. The van der Waals surface area contributed by atoms with Crippen molar-refractivity contribution in [3.8, 4) is 0 Å². The van der Waals surface area contributed by atoms with E-state index < -0.39 is 0 Å². The van der Waals surface area contributed by atoms with E-state index in [0.29, 0.717) is 5.65 Å². The zero-order chi connectivity index (χ0) is 6.10. The average Bonchev–Trinajstić information content (AvgIpc) is 2.33. The van der Waals surface area contributed by atoms with Crippen LogP contribution in [0.15, 0.2) is 18.3 Å². The Morgan fingerprint density at radius 3 is 3.00 bits per heavy atom. The SMILES string of the molecule is [Ag].c1cnc2n[nH]nc2c1. The maximum atomic E-state index is 3.94. The molecule has 0 atom stereocenters. The molecule has 1 N–H and O–H groups in total. The van der Waals surface area contributed by atoms with E-state index in [-0.39, 0.29) is 22.4 Å². The van der Waals surface area contributed by atoms with Crippen molar-refractivity contribution in [3.63, 3.8) is 0 Å². The molecule has 0 spiro atoms. The topological polar surface area (TPSA) is 54.5 Å². The van der Waals surface area contributed by atoms with Gasteiger partial charge in [0.25, 0.3) is 0 Å². The van der Waals surface area contributed by atoms with Gasteiger partial charge in [-0.3, -0.25) is 0 Å². The van der Waals surface area contributed by atoms with Gasteiger partial charge in [-0.1, -0.05) is 0 Å². The first-order valence-electron chi connectivity index (χ1n) is 2.58. The van der Waals surface area contributed by atoms with Gasteiger partial charge < -0.3 is 0 Å². The molecule has 0 aromatic carbocycles. The molecular weight excluding hydrogens is 224 g/mol. The summed E-state index contributed by atoms with van der Waals surface area (Å²) in [5.74, 6) is 0. The summed E-state index contributed by atoms with van der Waals surface area (Å²) in [4.78, 5) is 3.94. The summed E-state index contributed by atoms with van der Waals surface area (Å²) in [5.41, 5.74) is 1.47. The van der Waals surface area contributed by atoms with Crippen molar-refractivity contribution < 1.29 is 22.4 Å². The molecule has 2 aromatic rings. The minimum absolute atomic E-state index is 0. The Labute approximate surface area is 72.6 Å². The molecule has 1 radical (unpaired) electrons. The van der Waals surface area contributed by atoms with Gasteiger partial charge in [-0.05, 0) is 12.1 Å². The molecule has 2 heterocycles. The summed E-state index contributed by atoms with van der Waals surface area (Å²) < 4.78 is 0. The van der Waals surface area contributed by atoms with E-state index in [1.54, 1.807) is 6.20 Å². The smallest absolute Gasteiger partial charge is 0.201 e. The molecule has 0 saturated carbocycles. The van der Waals surface area contributed by atoms with E-state index in [2.05, 4.69) is 20.4 Å². The molecule has 2 rings (SSSR count). The van der Waals surface area contributed by atoms with Gasteiger partial charge in [0.2, 0.25) is 5.65 Å². The van der Waals surface area contributed by atoms with Crippen LogP contribution in [0.25, 0.3) is 11.2 Å². The molecule has 0 bridgehead atoms. The number of fused-ring (bicyclic) bond motifs is 1. The summed E-state index contributed by atoms with van der Waals surface area (Å²) >= 11 is 0. The number of hydrogen-bond donors (Lipinski definition) is 1. The fourth-order valence-electron chi connectivity index (χ4n) is 0.688. The maximum absolute atomic E-state index is 3.94. The van der Waals surface area contributed by atoms with Crippen molar-refractivity contribution in [2.75, 3.05) is 0 Å². The molecule has 55 valence electrons. The van der Waals surface area contributed by atoms with Gasteiger partial charge in [-0.15, -0.1) is 5.10 Å². The number of pyridine rings is 1. The van der Waals surface area contributed by atoms with Crippen LogP contribution in [0, 0.1) is 0 Å². The fourth-order valence-corrected chi connectivity index (χ4v) is 0.688. The number of aromatic amines is 1. The Hall–Kier alpha value is -0.710. The Bertz CT molecular complexity index is 288. The Balaban J connectivity index is 0.000000500. The van der Waals surface area contributed by atoms with Gasteiger partial charge in [0, 0.05) is 28.6 Å². The summed E-state index contributed by atoms with van der Waals surface area (Å²) in [6, 6.07) is 3.68. The maximum Gasteiger partial charge on any atom is 0.201 e. The average molecular weight is 228 g/mol. The molecule has 5 heteroatoms. The van der Waals surface area contributed by atoms with Crippen LogP contribution in [0.1, 0.15) is 0 Å². The van der Waals surface area contributed by atoms with Crippen LogP contribution in [0.4, 0.5) is 0 Å². The second-order valence-corrected chi connectivity index (χ2v) is 1.67. The second kappa shape index (κ2) is 2.92. The summed E-state index contributed by atoms with van der Waals surface area (Å²) in [6.07, 6.45) is 1.69. The summed E-state index contributed by atoms with van der Waals surface area (Å²) in [6.45, 7) is 0. The Morgan fingerprint density at radius 2 is 2.20 bits per heavy atom. The van der Waals surface area contributed by atoms with Gasteiger partial charge in [0.05, 0.1) is 0 Å². The molecule has 0 aliphatic heterocycles. The molecule has 2 aromatic heterocycles. The Kier molecular flexibility index (Phi) is 2.16. The van der Waals surface area contributed by atoms with Crippen LogP contribution in [-0.4, -0.2) is 20.4 Å². The molecule has 10 heavy (non-hydrogen) atoms. The van der Waals surface area contributed by atoms with Crippen LogP contribution >= 0.6 is 0 Å². The van der Waals surface area contributed by atoms with Crippen molar-refractivity contribution in [2.24, 2.45) is 0 Å². The molecule has 0 fully saturated rings. The van der Waals surface area contributed by atoms with Crippen molar-refractivity contribution in [2.45, 2.75) is 0 Å². The molecule has 0 aliphatic rings. The predicted octanol–water partition coefficient (Wildman–Crippen LogP) is 0.350. The van der Waals surface area contributed by atoms with Crippen molar-refractivity contribution in [1.29, 1.82) is 0 Å². The summed E-state index contributed by atoms with van der Waals surface area (Å²) in [7, 11) is 0. The monoisotopic (exact) mass is 227 g/mol. The molecular formula is C5H4AgN4. The third-order valence-electron chi connectivity index (χ3n) is 1.09. The summed E-state index contributed by atoms with van der Waals surface area (Å²) in [5, 5.41) is 10.1. The number of rotatable bonds is 0. The van der Waals surface area contributed by atoms with Crippen molar-refractivity contribution >= 4 is 11.2 Å². The minimum Gasteiger partial charge on any atom is -0.234 e. The molecule has 0 aliphatic carbocycles. The first-order chi connectivity index (χ1) is 4.47.